The van der Waals surface area contributed by atoms with Crippen LogP contribution in [0.25, 0.3) is 0 Å². The standard InChI is InChI=1S/C18H30N2S/c1-15(2)19-13-16-6-5-7-17(12-16)14-20-9-8-18(3,4)21-11-10-20/h5-7,12,15,19H,8-11,13-14H2,1-4H3. The van der Waals surface area contributed by atoms with Gasteiger partial charge in [0.15, 0.2) is 0 Å². The first-order valence-electron chi connectivity index (χ1n) is 8.12. The molecule has 1 aromatic rings. The summed E-state index contributed by atoms with van der Waals surface area (Å²) in [5.74, 6) is 1.25. The van der Waals surface area contributed by atoms with Gasteiger partial charge in [-0.25, -0.2) is 0 Å². The van der Waals surface area contributed by atoms with E-state index in [-0.39, 0.29) is 0 Å². The molecular weight excluding hydrogens is 276 g/mol. The number of hydrogen-bond donors (Lipinski definition) is 1. The summed E-state index contributed by atoms with van der Waals surface area (Å²) in [6.45, 7) is 13.6. The third kappa shape index (κ3) is 6.01. The number of benzene rings is 1. The molecule has 1 saturated heterocycles. The van der Waals surface area contributed by atoms with E-state index >= 15 is 0 Å². The average molecular weight is 307 g/mol. The number of hydrogen-bond acceptors (Lipinski definition) is 3. The zero-order valence-corrected chi connectivity index (χ0v) is 14.8. The molecule has 3 heteroatoms. The molecule has 1 aromatic carbocycles. The molecule has 0 radical (unpaired) electrons. The number of thioether (sulfide) groups is 1. The number of rotatable bonds is 5. The summed E-state index contributed by atoms with van der Waals surface area (Å²) in [6.07, 6.45) is 1.28. The summed E-state index contributed by atoms with van der Waals surface area (Å²) in [7, 11) is 0. The highest BCUT2D eigenvalue weighted by Crippen LogP contribution is 2.31. The Kier molecular flexibility index (Phi) is 6.15. The van der Waals surface area contributed by atoms with Crippen molar-refractivity contribution in [2.45, 2.75) is 58.0 Å². The van der Waals surface area contributed by atoms with Crippen molar-refractivity contribution in [3.8, 4) is 0 Å². The van der Waals surface area contributed by atoms with Crippen molar-refractivity contribution in [1.82, 2.24) is 10.2 Å². The van der Waals surface area contributed by atoms with E-state index in [1.807, 2.05) is 0 Å². The quantitative estimate of drug-likeness (QED) is 0.888. The Morgan fingerprint density at radius 1 is 1.24 bits per heavy atom. The molecule has 2 nitrogen and oxygen atoms in total. The second kappa shape index (κ2) is 7.66. The maximum atomic E-state index is 3.50. The van der Waals surface area contributed by atoms with Crippen LogP contribution in [0, 0.1) is 0 Å². The molecule has 2 rings (SSSR count). The van der Waals surface area contributed by atoms with E-state index in [9.17, 15) is 0 Å². The molecule has 0 amide bonds. The van der Waals surface area contributed by atoms with E-state index in [1.165, 1.54) is 36.4 Å². The lowest BCUT2D eigenvalue weighted by molar-refractivity contribution is 0.276. The summed E-state index contributed by atoms with van der Waals surface area (Å²) in [4.78, 5) is 2.61. The Bertz CT molecular complexity index is 443. The molecular formula is C18H30N2S. The van der Waals surface area contributed by atoms with Crippen LogP contribution in [0.15, 0.2) is 24.3 Å². The van der Waals surface area contributed by atoms with E-state index in [0.717, 1.165) is 13.1 Å². The summed E-state index contributed by atoms with van der Waals surface area (Å²) >= 11 is 2.12. The number of nitrogens with zero attached hydrogens (tertiary/aromatic N) is 1. The van der Waals surface area contributed by atoms with E-state index in [4.69, 9.17) is 0 Å². The fourth-order valence-electron chi connectivity index (χ4n) is 2.64. The molecule has 0 unspecified atom stereocenters. The van der Waals surface area contributed by atoms with Gasteiger partial charge in [-0.1, -0.05) is 52.0 Å². The van der Waals surface area contributed by atoms with Gasteiger partial charge < -0.3 is 5.32 Å². The van der Waals surface area contributed by atoms with Crippen LogP contribution >= 0.6 is 11.8 Å². The molecule has 0 aliphatic carbocycles. The van der Waals surface area contributed by atoms with Gasteiger partial charge in [0.1, 0.15) is 0 Å². The second-order valence-electron chi connectivity index (χ2n) is 6.99. The lowest BCUT2D eigenvalue weighted by Gasteiger charge is -2.22. The van der Waals surface area contributed by atoms with Gasteiger partial charge in [0, 0.05) is 36.2 Å². The van der Waals surface area contributed by atoms with E-state index < -0.39 is 0 Å². The normalized spacial score (nSPS) is 19.7. The fraction of sp³-hybridized carbons (Fsp3) is 0.667. The van der Waals surface area contributed by atoms with E-state index in [0.29, 0.717) is 10.8 Å². The van der Waals surface area contributed by atoms with Crippen LogP contribution in [0.4, 0.5) is 0 Å². The smallest absolute Gasteiger partial charge is 0.0234 e. The monoisotopic (exact) mass is 306 g/mol. The van der Waals surface area contributed by atoms with Gasteiger partial charge in [-0.2, -0.15) is 11.8 Å². The van der Waals surface area contributed by atoms with Crippen LogP contribution in [0.3, 0.4) is 0 Å². The minimum absolute atomic E-state index is 0.442. The van der Waals surface area contributed by atoms with Crippen molar-refractivity contribution in [1.29, 1.82) is 0 Å². The highest BCUT2D eigenvalue weighted by atomic mass is 32.2. The van der Waals surface area contributed by atoms with Gasteiger partial charge in [-0.15, -0.1) is 0 Å². The predicted molar refractivity (Wildman–Crippen MR) is 94.8 cm³/mol. The van der Waals surface area contributed by atoms with Crippen LogP contribution in [-0.4, -0.2) is 34.5 Å². The Labute approximate surface area is 134 Å². The molecule has 118 valence electrons. The molecule has 1 aliphatic heterocycles. The van der Waals surface area contributed by atoms with Crippen molar-refractivity contribution in [2.75, 3.05) is 18.8 Å². The Morgan fingerprint density at radius 3 is 2.76 bits per heavy atom. The molecule has 1 aliphatic rings. The highest BCUT2D eigenvalue weighted by Gasteiger charge is 2.23. The third-order valence-corrected chi connectivity index (χ3v) is 5.41. The zero-order valence-electron chi connectivity index (χ0n) is 14.0. The molecule has 0 atom stereocenters. The van der Waals surface area contributed by atoms with Crippen molar-refractivity contribution >= 4 is 11.8 Å². The van der Waals surface area contributed by atoms with Crippen molar-refractivity contribution in [3.63, 3.8) is 0 Å². The molecule has 0 spiro atoms. The van der Waals surface area contributed by atoms with Crippen molar-refractivity contribution < 1.29 is 0 Å². The Hall–Kier alpha value is -0.510. The average Bonchev–Trinajstić information content (AvgIpc) is 2.58. The topological polar surface area (TPSA) is 15.3 Å². The van der Waals surface area contributed by atoms with Gasteiger partial charge in [0.2, 0.25) is 0 Å². The SMILES string of the molecule is CC(C)NCc1cccc(CN2CCSC(C)(C)CC2)c1. The summed E-state index contributed by atoms with van der Waals surface area (Å²) in [5, 5.41) is 3.50. The van der Waals surface area contributed by atoms with Gasteiger partial charge in [0.05, 0.1) is 0 Å². The first-order valence-corrected chi connectivity index (χ1v) is 9.11. The minimum Gasteiger partial charge on any atom is -0.310 e. The van der Waals surface area contributed by atoms with Gasteiger partial charge >= 0.3 is 0 Å². The molecule has 0 bridgehead atoms. The second-order valence-corrected chi connectivity index (χ2v) is 8.79. The van der Waals surface area contributed by atoms with Crippen LogP contribution in [0.1, 0.15) is 45.2 Å². The number of nitrogens with one attached hydrogen (secondary N) is 1. The Morgan fingerprint density at radius 2 is 2.00 bits per heavy atom. The third-order valence-electron chi connectivity index (χ3n) is 4.04. The highest BCUT2D eigenvalue weighted by molar-refractivity contribution is 8.00. The molecule has 0 saturated carbocycles. The van der Waals surface area contributed by atoms with E-state index in [1.54, 1.807) is 0 Å². The maximum Gasteiger partial charge on any atom is 0.0234 e. The minimum atomic E-state index is 0.442. The van der Waals surface area contributed by atoms with Gasteiger partial charge in [0.25, 0.3) is 0 Å². The first kappa shape index (κ1) is 16.9. The zero-order chi connectivity index (χ0) is 15.3. The van der Waals surface area contributed by atoms with E-state index in [2.05, 4.69) is 73.9 Å². The molecule has 1 N–H and O–H groups in total. The summed E-state index contributed by atoms with van der Waals surface area (Å²) in [5.41, 5.74) is 2.84. The largest absolute Gasteiger partial charge is 0.310 e. The Balaban J connectivity index is 1.91. The molecule has 21 heavy (non-hydrogen) atoms. The van der Waals surface area contributed by atoms with Crippen molar-refractivity contribution in [3.05, 3.63) is 35.4 Å². The summed E-state index contributed by atoms with van der Waals surface area (Å²) in [6, 6.07) is 9.59. The van der Waals surface area contributed by atoms with Crippen LogP contribution in [0.2, 0.25) is 0 Å². The lowest BCUT2D eigenvalue weighted by Crippen LogP contribution is -2.27. The molecule has 0 aromatic heterocycles. The predicted octanol–water partition coefficient (Wildman–Crippen LogP) is 3.90. The molecule has 1 fully saturated rings. The molecule has 1 heterocycles. The lowest BCUT2D eigenvalue weighted by atomic mass is 10.1. The van der Waals surface area contributed by atoms with Crippen LogP contribution < -0.4 is 5.32 Å². The van der Waals surface area contributed by atoms with Gasteiger partial charge in [-0.05, 0) is 24.1 Å². The van der Waals surface area contributed by atoms with Gasteiger partial charge in [-0.3, -0.25) is 4.90 Å². The van der Waals surface area contributed by atoms with Crippen molar-refractivity contribution in [2.24, 2.45) is 0 Å². The summed E-state index contributed by atoms with van der Waals surface area (Å²) < 4.78 is 0.442. The maximum absolute atomic E-state index is 3.50. The van der Waals surface area contributed by atoms with Crippen LogP contribution in [-0.2, 0) is 13.1 Å². The van der Waals surface area contributed by atoms with Crippen LogP contribution in [0.5, 0.6) is 0 Å². The first-order chi connectivity index (χ1) is 9.94. The fourth-order valence-corrected chi connectivity index (χ4v) is 3.78.